The Morgan fingerprint density at radius 2 is 1.69 bits per heavy atom. The molecule has 0 fully saturated rings. The van der Waals surface area contributed by atoms with Crippen molar-refractivity contribution in [3.8, 4) is 34.9 Å². The molecule has 14 nitrogen and oxygen atoms in total. The van der Waals surface area contributed by atoms with E-state index in [0.717, 1.165) is 5.56 Å². The summed E-state index contributed by atoms with van der Waals surface area (Å²) in [5.41, 5.74) is 7.94. The van der Waals surface area contributed by atoms with Crippen LogP contribution in [0.2, 0.25) is 0 Å². The molecule has 0 aliphatic carbocycles. The summed E-state index contributed by atoms with van der Waals surface area (Å²) in [6.07, 6.45) is 0.205. The molecule has 6 N–H and O–H groups in total. The lowest BCUT2D eigenvalue weighted by molar-refractivity contribution is -0.117. The number of rotatable bonds is 12. The van der Waals surface area contributed by atoms with E-state index in [1.54, 1.807) is 62.4 Å². The van der Waals surface area contributed by atoms with Crippen LogP contribution in [0.25, 0.3) is 0 Å². The van der Waals surface area contributed by atoms with Gasteiger partial charge in [0.2, 0.25) is 5.91 Å². The quantitative estimate of drug-likeness (QED) is 0.0426. The molecule has 2 unspecified atom stereocenters. The Hall–Kier alpha value is -6.32. The number of nitrogens with one attached hydrogen (secondary N) is 3. The van der Waals surface area contributed by atoms with Crippen LogP contribution in [0.1, 0.15) is 34.0 Å². The predicted octanol–water partition coefficient (Wildman–Crippen LogP) is 6.18. The van der Waals surface area contributed by atoms with E-state index < -0.39 is 29.0 Å². The molecular formula is C36H32N6O8S. The Morgan fingerprint density at radius 1 is 0.922 bits per heavy atom. The SMILES string of the molecule is CCOC(=O)c1cc(C)cc(Oc2nc(Oc3cc(C(=N)N)ccc3Oc3ccccc3)nc3c2NC(=O)C(Cc2ccc(S(=O)O)cc2)N3)c1. The predicted molar refractivity (Wildman–Crippen MR) is 189 cm³/mol. The first-order valence-electron chi connectivity index (χ1n) is 15.6. The fraction of sp³-hybridized carbons (Fsp3) is 0.139. The van der Waals surface area contributed by atoms with Gasteiger partial charge in [-0.15, -0.1) is 0 Å². The van der Waals surface area contributed by atoms with Gasteiger partial charge in [-0.05, 0) is 85.6 Å². The standard InChI is InChI=1S/C36H32N6O8S/c1-3-47-35(44)23-15-20(2)16-25(18-23)49-34-30-32(39-27(33(43)40-30)17-21-9-12-26(13-10-21)51(45)46)41-36(42-34)50-29-19-22(31(37)38)11-14-28(29)48-24-7-5-4-6-8-24/h4-16,18-19,27H,3,17H2,1-2H3,(H3,37,38)(H,40,43)(H,45,46)(H,39,41,42). The second-order valence-electron chi connectivity index (χ2n) is 11.3. The fourth-order valence-corrected chi connectivity index (χ4v) is 5.49. The Kier molecular flexibility index (Phi) is 10.2. The van der Waals surface area contributed by atoms with Crippen molar-refractivity contribution in [2.24, 2.45) is 5.73 Å². The van der Waals surface area contributed by atoms with Crippen LogP contribution >= 0.6 is 0 Å². The third-order valence-corrected chi connectivity index (χ3v) is 8.17. The number of nitrogen functional groups attached to an aromatic ring is 1. The second kappa shape index (κ2) is 15.1. The maximum absolute atomic E-state index is 13.4. The van der Waals surface area contributed by atoms with Crippen LogP contribution in [-0.4, -0.2) is 49.1 Å². The monoisotopic (exact) mass is 708 g/mol. The maximum Gasteiger partial charge on any atom is 0.338 e. The molecule has 1 aliphatic rings. The fourth-order valence-electron chi connectivity index (χ4n) is 5.12. The van der Waals surface area contributed by atoms with Crippen molar-refractivity contribution < 1.29 is 37.3 Å². The highest BCUT2D eigenvalue weighted by molar-refractivity contribution is 7.79. The number of aryl methyl sites for hydroxylation is 1. The Labute approximate surface area is 294 Å². The number of aromatic nitrogens is 2. The molecular weight excluding hydrogens is 676 g/mol. The molecule has 0 radical (unpaired) electrons. The summed E-state index contributed by atoms with van der Waals surface area (Å²) in [6, 6.07) is 23.9. The zero-order valence-electron chi connectivity index (χ0n) is 27.3. The molecule has 1 aromatic heterocycles. The van der Waals surface area contributed by atoms with Gasteiger partial charge >= 0.3 is 12.0 Å². The minimum Gasteiger partial charge on any atom is -0.462 e. The van der Waals surface area contributed by atoms with E-state index in [-0.39, 0.29) is 70.0 Å². The largest absolute Gasteiger partial charge is 0.462 e. The molecule has 0 spiro atoms. The lowest BCUT2D eigenvalue weighted by Gasteiger charge is -2.27. The van der Waals surface area contributed by atoms with E-state index in [4.69, 9.17) is 30.1 Å². The van der Waals surface area contributed by atoms with Crippen LogP contribution in [0.5, 0.6) is 34.9 Å². The summed E-state index contributed by atoms with van der Waals surface area (Å²) in [5, 5.41) is 13.9. The van der Waals surface area contributed by atoms with Crippen molar-refractivity contribution in [3.05, 3.63) is 113 Å². The van der Waals surface area contributed by atoms with E-state index in [1.807, 2.05) is 18.2 Å². The van der Waals surface area contributed by atoms with Gasteiger partial charge in [-0.3, -0.25) is 10.2 Å². The zero-order chi connectivity index (χ0) is 36.1. The van der Waals surface area contributed by atoms with E-state index in [1.165, 1.54) is 24.3 Å². The highest BCUT2D eigenvalue weighted by Gasteiger charge is 2.31. The number of carbonyl (C=O) groups excluding carboxylic acids is 2. The van der Waals surface area contributed by atoms with Gasteiger partial charge < -0.3 is 39.9 Å². The van der Waals surface area contributed by atoms with Crippen molar-refractivity contribution >= 4 is 40.3 Å². The molecule has 2 atom stereocenters. The van der Waals surface area contributed by atoms with Gasteiger partial charge in [-0.2, -0.15) is 9.97 Å². The molecule has 1 amide bonds. The van der Waals surface area contributed by atoms with E-state index in [2.05, 4.69) is 20.6 Å². The molecule has 6 rings (SSSR count). The number of esters is 1. The minimum absolute atomic E-state index is 0.0993. The summed E-state index contributed by atoms with van der Waals surface area (Å²) in [6.45, 7) is 3.68. The molecule has 5 aromatic rings. The average molecular weight is 709 g/mol. The van der Waals surface area contributed by atoms with Crippen LogP contribution in [0, 0.1) is 12.3 Å². The lowest BCUT2D eigenvalue weighted by Crippen LogP contribution is -2.41. The average Bonchev–Trinajstić information content (AvgIpc) is 3.10. The molecule has 1 aliphatic heterocycles. The maximum atomic E-state index is 13.4. The van der Waals surface area contributed by atoms with Crippen molar-refractivity contribution in [2.75, 3.05) is 17.2 Å². The van der Waals surface area contributed by atoms with Crippen molar-refractivity contribution in [1.82, 2.24) is 9.97 Å². The first-order chi connectivity index (χ1) is 24.6. The topological polar surface area (TPSA) is 208 Å². The second-order valence-corrected chi connectivity index (χ2v) is 12.2. The number of nitrogens with zero attached hydrogens (tertiary/aromatic N) is 2. The molecule has 4 aromatic carbocycles. The number of nitrogens with two attached hydrogens (primary N) is 1. The number of hydrogen-bond donors (Lipinski definition) is 5. The van der Waals surface area contributed by atoms with E-state index in [9.17, 15) is 18.4 Å². The van der Waals surface area contributed by atoms with Crippen molar-refractivity contribution in [2.45, 2.75) is 31.2 Å². The number of para-hydroxylation sites is 1. The third-order valence-electron chi connectivity index (χ3n) is 7.50. The number of benzene rings is 4. The zero-order valence-corrected chi connectivity index (χ0v) is 28.2. The van der Waals surface area contributed by atoms with Crippen LogP contribution in [0.3, 0.4) is 0 Å². The van der Waals surface area contributed by atoms with Crippen LogP contribution < -0.4 is 30.6 Å². The number of ether oxygens (including phenoxy) is 4. The summed E-state index contributed by atoms with van der Waals surface area (Å²) >= 11 is -2.14. The summed E-state index contributed by atoms with van der Waals surface area (Å²) in [5.74, 6) is 0.0796. The van der Waals surface area contributed by atoms with E-state index >= 15 is 0 Å². The van der Waals surface area contributed by atoms with Crippen molar-refractivity contribution in [1.29, 1.82) is 5.41 Å². The molecule has 15 heteroatoms. The molecule has 2 heterocycles. The van der Waals surface area contributed by atoms with Gasteiger partial charge in [0, 0.05) is 12.0 Å². The molecule has 0 saturated carbocycles. The van der Waals surface area contributed by atoms with Gasteiger partial charge in [0.25, 0.3) is 5.88 Å². The number of anilines is 2. The van der Waals surface area contributed by atoms with Crippen molar-refractivity contribution in [3.63, 3.8) is 0 Å². The Bertz CT molecular complexity index is 2150. The van der Waals surface area contributed by atoms with Crippen LogP contribution in [-0.2, 0) is 27.0 Å². The first kappa shape index (κ1) is 34.5. The first-order valence-corrected chi connectivity index (χ1v) is 16.7. The molecule has 0 bridgehead atoms. The number of amidine groups is 1. The normalized spacial score (nSPS) is 13.9. The molecule has 0 saturated heterocycles. The van der Waals surface area contributed by atoms with Gasteiger partial charge in [0.05, 0.1) is 17.1 Å². The molecule has 260 valence electrons. The number of hydrogen-bond acceptors (Lipinski definition) is 11. The van der Waals surface area contributed by atoms with Gasteiger partial charge in [-0.1, -0.05) is 30.3 Å². The van der Waals surface area contributed by atoms with Crippen LogP contribution in [0.15, 0.2) is 95.9 Å². The van der Waals surface area contributed by atoms with Crippen LogP contribution in [0.4, 0.5) is 11.5 Å². The number of fused-ring (bicyclic) bond motifs is 1. The smallest absolute Gasteiger partial charge is 0.338 e. The van der Waals surface area contributed by atoms with Gasteiger partial charge in [0.15, 0.2) is 28.4 Å². The summed E-state index contributed by atoms with van der Waals surface area (Å²) in [4.78, 5) is 35.2. The highest BCUT2D eigenvalue weighted by Crippen LogP contribution is 2.41. The van der Waals surface area contributed by atoms with Gasteiger partial charge in [0.1, 0.15) is 29.1 Å². The highest BCUT2D eigenvalue weighted by atomic mass is 32.2. The Morgan fingerprint density at radius 3 is 2.39 bits per heavy atom. The third kappa shape index (κ3) is 8.29. The number of carbonyl (C=O) groups is 2. The minimum atomic E-state index is -2.14. The molecule has 51 heavy (non-hydrogen) atoms. The summed E-state index contributed by atoms with van der Waals surface area (Å²) in [7, 11) is 0. The Balaban J connectivity index is 1.39. The lowest BCUT2D eigenvalue weighted by atomic mass is 10.0. The van der Waals surface area contributed by atoms with Gasteiger partial charge in [-0.25, -0.2) is 9.00 Å². The number of amides is 1. The van der Waals surface area contributed by atoms with E-state index in [0.29, 0.717) is 16.9 Å². The summed E-state index contributed by atoms with van der Waals surface area (Å²) < 4.78 is 44.4.